The van der Waals surface area contributed by atoms with Gasteiger partial charge in [-0.15, -0.1) is 0 Å². The Kier molecular flexibility index (Phi) is 4.14. The van der Waals surface area contributed by atoms with Crippen molar-refractivity contribution in [3.63, 3.8) is 0 Å². The normalized spacial score (nSPS) is 32.6. The number of fused-ring (bicyclic) bond motifs is 2. The van der Waals surface area contributed by atoms with Gasteiger partial charge in [0.15, 0.2) is 0 Å². The van der Waals surface area contributed by atoms with E-state index >= 15 is 0 Å². The highest BCUT2D eigenvalue weighted by Crippen LogP contribution is 2.48. The molecular weight excluding hydrogens is 208 g/mol. The second kappa shape index (κ2) is 5.27. The fourth-order valence-electron chi connectivity index (χ4n) is 3.92. The molecule has 2 saturated carbocycles. The lowest BCUT2D eigenvalue weighted by Crippen LogP contribution is -2.51. The van der Waals surface area contributed by atoms with E-state index in [0.29, 0.717) is 0 Å². The average molecular weight is 238 g/mol. The summed E-state index contributed by atoms with van der Waals surface area (Å²) >= 11 is 0. The van der Waals surface area contributed by atoms with Crippen molar-refractivity contribution < 1.29 is 0 Å². The van der Waals surface area contributed by atoms with Crippen LogP contribution in [0.15, 0.2) is 0 Å². The number of hydrogen-bond acceptors (Lipinski definition) is 2. The monoisotopic (exact) mass is 238 g/mol. The zero-order chi connectivity index (χ0) is 12.5. The van der Waals surface area contributed by atoms with Crippen LogP contribution in [0.2, 0.25) is 0 Å². The molecule has 0 aromatic carbocycles. The fraction of sp³-hybridized carbons (Fsp3) is 1.00. The maximum atomic E-state index is 5.95. The highest BCUT2D eigenvalue weighted by atomic mass is 15.2. The number of nitrogens with two attached hydrogens (primary N) is 1. The van der Waals surface area contributed by atoms with Crippen molar-refractivity contribution in [2.75, 3.05) is 19.6 Å². The summed E-state index contributed by atoms with van der Waals surface area (Å²) in [6.45, 7) is 10.2. The van der Waals surface area contributed by atoms with Crippen molar-refractivity contribution in [2.24, 2.45) is 23.5 Å². The van der Waals surface area contributed by atoms with E-state index < -0.39 is 0 Å². The van der Waals surface area contributed by atoms with Gasteiger partial charge < -0.3 is 5.73 Å². The summed E-state index contributed by atoms with van der Waals surface area (Å²) in [6.07, 6.45) is 7.26. The Labute approximate surface area is 107 Å². The Hall–Kier alpha value is -0.0800. The number of rotatable bonds is 6. The summed E-state index contributed by atoms with van der Waals surface area (Å²) in [7, 11) is 0. The minimum Gasteiger partial charge on any atom is -0.329 e. The summed E-state index contributed by atoms with van der Waals surface area (Å²) in [5.41, 5.74) is 6.12. The predicted octanol–water partition coefficient (Wildman–Crippen LogP) is 2.87. The molecule has 2 heteroatoms. The Morgan fingerprint density at radius 1 is 1.24 bits per heavy atom. The largest absolute Gasteiger partial charge is 0.329 e. The highest BCUT2D eigenvalue weighted by Gasteiger charge is 2.41. The Bertz CT molecular complexity index is 249. The predicted molar refractivity (Wildman–Crippen MR) is 73.9 cm³/mol. The Balaban J connectivity index is 1.93. The van der Waals surface area contributed by atoms with Crippen molar-refractivity contribution in [1.82, 2.24) is 4.90 Å². The molecule has 2 bridgehead atoms. The molecule has 0 aliphatic heterocycles. The molecule has 0 radical (unpaired) electrons. The molecule has 0 spiro atoms. The highest BCUT2D eigenvalue weighted by molar-refractivity contribution is 4.93. The minimum absolute atomic E-state index is 0.178. The molecule has 2 rings (SSSR count). The quantitative estimate of drug-likeness (QED) is 0.771. The van der Waals surface area contributed by atoms with Gasteiger partial charge in [0.25, 0.3) is 0 Å². The first kappa shape index (κ1) is 13.4. The lowest BCUT2D eigenvalue weighted by molar-refractivity contribution is 0.0892. The third kappa shape index (κ3) is 2.85. The van der Waals surface area contributed by atoms with E-state index in [1.807, 2.05) is 0 Å². The van der Waals surface area contributed by atoms with Gasteiger partial charge >= 0.3 is 0 Å². The molecule has 0 aromatic rings. The minimum atomic E-state index is 0.178. The van der Waals surface area contributed by atoms with Gasteiger partial charge in [0.2, 0.25) is 0 Å². The molecule has 2 N–H and O–H groups in total. The van der Waals surface area contributed by atoms with Crippen molar-refractivity contribution in [1.29, 1.82) is 0 Å². The zero-order valence-corrected chi connectivity index (χ0v) is 11.9. The Morgan fingerprint density at radius 3 is 2.47 bits per heavy atom. The molecule has 3 atom stereocenters. The van der Waals surface area contributed by atoms with Crippen LogP contribution in [0.4, 0.5) is 0 Å². The number of hydrogen-bond donors (Lipinski definition) is 1. The van der Waals surface area contributed by atoms with E-state index in [1.54, 1.807) is 0 Å². The molecule has 2 aliphatic carbocycles. The maximum absolute atomic E-state index is 5.95. The molecule has 0 saturated heterocycles. The van der Waals surface area contributed by atoms with Crippen LogP contribution >= 0.6 is 0 Å². The zero-order valence-electron chi connectivity index (χ0n) is 11.9. The van der Waals surface area contributed by atoms with Gasteiger partial charge in [-0.2, -0.15) is 0 Å². The van der Waals surface area contributed by atoms with Gasteiger partial charge in [-0.3, -0.25) is 4.90 Å². The van der Waals surface area contributed by atoms with E-state index in [1.165, 1.54) is 45.2 Å². The topological polar surface area (TPSA) is 29.3 Å². The van der Waals surface area contributed by atoms with E-state index in [-0.39, 0.29) is 5.54 Å². The van der Waals surface area contributed by atoms with Crippen LogP contribution in [0.5, 0.6) is 0 Å². The molecule has 2 fully saturated rings. The molecule has 2 nitrogen and oxygen atoms in total. The maximum Gasteiger partial charge on any atom is 0.0275 e. The van der Waals surface area contributed by atoms with E-state index in [2.05, 4.69) is 25.7 Å². The van der Waals surface area contributed by atoms with Crippen molar-refractivity contribution >= 4 is 0 Å². The molecule has 3 unspecified atom stereocenters. The Morgan fingerprint density at radius 2 is 2.00 bits per heavy atom. The summed E-state index contributed by atoms with van der Waals surface area (Å²) in [5.74, 6) is 3.06. The fourth-order valence-corrected chi connectivity index (χ4v) is 3.92. The van der Waals surface area contributed by atoms with Crippen LogP contribution in [0, 0.1) is 17.8 Å². The van der Waals surface area contributed by atoms with Gasteiger partial charge in [-0.05, 0) is 63.8 Å². The summed E-state index contributed by atoms with van der Waals surface area (Å²) < 4.78 is 0. The third-order valence-corrected chi connectivity index (χ3v) is 5.19. The first-order valence-corrected chi connectivity index (χ1v) is 7.52. The third-order valence-electron chi connectivity index (χ3n) is 5.19. The number of nitrogens with zero attached hydrogens (tertiary/aromatic N) is 1. The molecule has 0 aromatic heterocycles. The van der Waals surface area contributed by atoms with Gasteiger partial charge in [0, 0.05) is 18.6 Å². The molecule has 0 heterocycles. The summed E-state index contributed by atoms with van der Waals surface area (Å²) in [4.78, 5) is 2.65. The molecule has 17 heavy (non-hydrogen) atoms. The van der Waals surface area contributed by atoms with E-state index in [4.69, 9.17) is 5.73 Å². The summed E-state index contributed by atoms with van der Waals surface area (Å²) in [5, 5.41) is 0. The van der Waals surface area contributed by atoms with Crippen molar-refractivity contribution in [3.05, 3.63) is 0 Å². The standard InChI is InChI=1S/C15H30N2/c1-4-7-17(15(2,3)11-16)10-14-9-12-5-6-13(14)8-12/h12-14H,4-11,16H2,1-3H3. The van der Waals surface area contributed by atoms with Crippen molar-refractivity contribution in [3.8, 4) is 0 Å². The summed E-state index contributed by atoms with van der Waals surface area (Å²) in [6, 6.07) is 0. The van der Waals surface area contributed by atoms with Crippen LogP contribution in [-0.2, 0) is 0 Å². The van der Waals surface area contributed by atoms with Gasteiger partial charge in [-0.1, -0.05) is 13.3 Å². The second-order valence-electron chi connectivity index (χ2n) is 6.90. The van der Waals surface area contributed by atoms with E-state index in [0.717, 1.165) is 24.3 Å². The van der Waals surface area contributed by atoms with Crippen LogP contribution < -0.4 is 5.73 Å². The first-order valence-electron chi connectivity index (χ1n) is 7.52. The molecule has 100 valence electrons. The van der Waals surface area contributed by atoms with Crippen LogP contribution in [0.25, 0.3) is 0 Å². The van der Waals surface area contributed by atoms with Gasteiger partial charge in [0.1, 0.15) is 0 Å². The van der Waals surface area contributed by atoms with E-state index in [9.17, 15) is 0 Å². The first-order chi connectivity index (χ1) is 8.06. The van der Waals surface area contributed by atoms with Gasteiger partial charge in [-0.25, -0.2) is 0 Å². The van der Waals surface area contributed by atoms with Crippen molar-refractivity contribution in [2.45, 2.75) is 58.4 Å². The van der Waals surface area contributed by atoms with Crippen LogP contribution in [-0.4, -0.2) is 30.1 Å². The second-order valence-corrected chi connectivity index (χ2v) is 6.90. The SMILES string of the molecule is CCCN(CC1CC2CCC1C2)C(C)(C)CN. The van der Waals surface area contributed by atoms with Crippen LogP contribution in [0.3, 0.4) is 0 Å². The lowest BCUT2D eigenvalue weighted by atomic mass is 9.87. The average Bonchev–Trinajstić information content (AvgIpc) is 2.90. The smallest absolute Gasteiger partial charge is 0.0275 e. The molecular formula is C15H30N2. The molecule has 0 amide bonds. The van der Waals surface area contributed by atoms with Crippen LogP contribution in [0.1, 0.15) is 52.9 Å². The molecule has 2 aliphatic rings. The van der Waals surface area contributed by atoms with Gasteiger partial charge in [0.05, 0.1) is 0 Å². The lowest BCUT2D eigenvalue weighted by Gasteiger charge is -2.40.